The minimum Gasteiger partial charge on any atom is -0.300 e. The number of benzene rings is 1. The van der Waals surface area contributed by atoms with Crippen molar-refractivity contribution in [1.82, 2.24) is 0 Å². The van der Waals surface area contributed by atoms with Crippen LogP contribution in [0.15, 0.2) is 28.7 Å². The van der Waals surface area contributed by atoms with Crippen molar-refractivity contribution in [1.29, 1.82) is 5.26 Å². The molecule has 0 atom stereocenters. The average Bonchev–Trinajstić information content (AvgIpc) is 2.32. The highest BCUT2D eigenvalue weighted by Crippen LogP contribution is 2.40. The van der Waals surface area contributed by atoms with E-state index in [1.165, 1.54) is 0 Å². The van der Waals surface area contributed by atoms with Crippen LogP contribution in [-0.4, -0.2) is 5.78 Å². The smallest absolute Gasteiger partial charge is 0.133 e. The number of hydrogen-bond acceptors (Lipinski definition) is 2. The van der Waals surface area contributed by atoms with Gasteiger partial charge >= 0.3 is 0 Å². The van der Waals surface area contributed by atoms with Crippen LogP contribution in [0.3, 0.4) is 0 Å². The van der Waals surface area contributed by atoms with E-state index in [0.717, 1.165) is 10.0 Å². The van der Waals surface area contributed by atoms with Gasteiger partial charge in [-0.2, -0.15) is 5.26 Å². The number of nitriles is 1. The quantitative estimate of drug-likeness (QED) is 0.790. The standard InChI is InChI=1S/C13H12BrNO/c14-12-4-2-1-3-11(12)13(9-15)7-5-10(16)6-8-13/h1-4H,5-8H2. The van der Waals surface area contributed by atoms with Gasteiger partial charge in [-0.1, -0.05) is 34.1 Å². The predicted octanol–water partition coefficient (Wildman–Crippen LogP) is 3.35. The molecule has 82 valence electrons. The summed E-state index contributed by atoms with van der Waals surface area (Å²) >= 11 is 3.49. The first kappa shape index (κ1) is 11.3. The zero-order valence-electron chi connectivity index (χ0n) is 8.87. The topological polar surface area (TPSA) is 40.9 Å². The van der Waals surface area contributed by atoms with Crippen LogP contribution in [-0.2, 0) is 10.2 Å². The SMILES string of the molecule is N#CC1(c2ccccc2Br)CCC(=O)CC1. The fraction of sp³-hybridized carbons (Fsp3) is 0.385. The number of nitrogens with zero attached hydrogens (tertiary/aromatic N) is 1. The molecule has 16 heavy (non-hydrogen) atoms. The molecule has 2 nitrogen and oxygen atoms in total. The molecule has 1 aliphatic rings. The van der Waals surface area contributed by atoms with Crippen LogP contribution in [0.2, 0.25) is 0 Å². The molecule has 1 aromatic rings. The van der Waals surface area contributed by atoms with Crippen molar-refractivity contribution >= 4 is 21.7 Å². The predicted molar refractivity (Wildman–Crippen MR) is 64.9 cm³/mol. The van der Waals surface area contributed by atoms with Crippen LogP contribution in [0.4, 0.5) is 0 Å². The summed E-state index contributed by atoms with van der Waals surface area (Å²) in [6.45, 7) is 0. The number of Topliss-reactive ketones (excluding diaryl/α,β-unsaturated/α-hetero) is 1. The third kappa shape index (κ3) is 1.90. The Kier molecular flexibility index (Phi) is 3.11. The van der Waals surface area contributed by atoms with Gasteiger partial charge in [0.1, 0.15) is 5.78 Å². The van der Waals surface area contributed by atoms with Gasteiger partial charge in [-0.25, -0.2) is 0 Å². The Labute approximate surface area is 103 Å². The van der Waals surface area contributed by atoms with Crippen molar-refractivity contribution in [2.75, 3.05) is 0 Å². The zero-order valence-corrected chi connectivity index (χ0v) is 10.5. The van der Waals surface area contributed by atoms with Crippen molar-refractivity contribution in [3.63, 3.8) is 0 Å². The van der Waals surface area contributed by atoms with Crippen molar-refractivity contribution in [2.45, 2.75) is 31.1 Å². The summed E-state index contributed by atoms with van der Waals surface area (Å²) in [7, 11) is 0. The fourth-order valence-corrected chi connectivity index (χ4v) is 2.91. The van der Waals surface area contributed by atoms with Crippen molar-refractivity contribution < 1.29 is 4.79 Å². The second-order valence-corrected chi connectivity index (χ2v) is 5.07. The molecule has 0 spiro atoms. The molecule has 1 fully saturated rings. The summed E-state index contributed by atoms with van der Waals surface area (Å²) in [5.74, 6) is 0.276. The second-order valence-electron chi connectivity index (χ2n) is 4.21. The van der Waals surface area contributed by atoms with Crippen molar-refractivity contribution in [2.24, 2.45) is 0 Å². The lowest BCUT2D eigenvalue weighted by Crippen LogP contribution is -2.30. The van der Waals surface area contributed by atoms with Crippen LogP contribution in [0.5, 0.6) is 0 Å². The average molecular weight is 278 g/mol. The number of halogens is 1. The Balaban J connectivity index is 2.40. The molecule has 1 saturated carbocycles. The summed E-state index contributed by atoms with van der Waals surface area (Å²) in [5.41, 5.74) is 0.540. The highest BCUT2D eigenvalue weighted by Gasteiger charge is 2.37. The third-order valence-corrected chi connectivity index (χ3v) is 3.96. The van der Waals surface area contributed by atoms with Crippen LogP contribution < -0.4 is 0 Å². The summed E-state index contributed by atoms with van der Waals surface area (Å²) < 4.78 is 0.964. The van der Waals surface area contributed by atoms with E-state index < -0.39 is 5.41 Å². The molecule has 0 heterocycles. The van der Waals surface area contributed by atoms with Gasteiger partial charge in [0.15, 0.2) is 0 Å². The van der Waals surface area contributed by atoms with Gasteiger partial charge in [0.2, 0.25) is 0 Å². The minimum absolute atomic E-state index is 0.276. The van der Waals surface area contributed by atoms with E-state index in [-0.39, 0.29) is 5.78 Å². The van der Waals surface area contributed by atoms with Crippen LogP contribution in [0, 0.1) is 11.3 Å². The Morgan fingerprint density at radius 1 is 1.25 bits per heavy atom. The maximum atomic E-state index is 11.3. The van der Waals surface area contributed by atoms with Gasteiger partial charge in [-0.3, -0.25) is 4.79 Å². The van der Waals surface area contributed by atoms with Crippen LogP contribution >= 0.6 is 15.9 Å². The van der Waals surface area contributed by atoms with E-state index in [9.17, 15) is 10.1 Å². The molecule has 0 bridgehead atoms. The molecule has 3 heteroatoms. The van der Waals surface area contributed by atoms with E-state index >= 15 is 0 Å². The molecular weight excluding hydrogens is 266 g/mol. The maximum Gasteiger partial charge on any atom is 0.133 e. The second kappa shape index (κ2) is 4.39. The number of rotatable bonds is 1. The molecule has 0 N–H and O–H groups in total. The Hall–Kier alpha value is -1.14. The van der Waals surface area contributed by atoms with E-state index in [2.05, 4.69) is 22.0 Å². The van der Waals surface area contributed by atoms with Gasteiger partial charge in [0.25, 0.3) is 0 Å². The van der Waals surface area contributed by atoms with Crippen LogP contribution in [0.1, 0.15) is 31.2 Å². The van der Waals surface area contributed by atoms with Gasteiger partial charge in [-0.05, 0) is 24.5 Å². The molecule has 0 radical (unpaired) electrons. The van der Waals surface area contributed by atoms with Gasteiger partial charge < -0.3 is 0 Å². The molecule has 0 saturated heterocycles. The zero-order chi connectivity index (χ0) is 11.6. The largest absolute Gasteiger partial charge is 0.300 e. The Morgan fingerprint density at radius 2 is 1.88 bits per heavy atom. The number of hydrogen-bond donors (Lipinski definition) is 0. The molecule has 1 aliphatic carbocycles. The number of carbonyl (C=O) groups is 1. The first-order valence-electron chi connectivity index (χ1n) is 5.36. The Morgan fingerprint density at radius 3 is 2.44 bits per heavy atom. The third-order valence-electron chi connectivity index (χ3n) is 3.26. The lowest BCUT2D eigenvalue weighted by Gasteiger charge is -2.31. The summed E-state index contributed by atoms with van der Waals surface area (Å²) in [6.07, 6.45) is 2.33. The highest BCUT2D eigenvalue weighted by atomic mass is 79.9. The summed E-state index contributed by atoms with van der Waals surface area (Å²) in [4.78, 5) is 11.3. The summed E-state index contributed by atoms with van der Waals surface area (Å²) in [5, 5.41) is 9.42. The fourth-order valence-electron chi connectivity index (χ4n) is 2.25. The lowest BCUT2D eigenvalue weighted by atomic mass is 9.70. The minimum atomic E-state index is -0.478. The lowest BCUT2D eigenvalue weighted by molar-refractivity contribution is -0.120. The van der Waals surface area contributed by atoms with E-state index in [1.54, 1.807) is 0 Å². The summed E-state index contributed by atoms with van der Waals surface area (Å²) in [6, 6.07) is 10.2. The number of ketones is 1. The first-order chi connectivity index (χ1) is 7.68. The molecule has 2 rings (SSSR count). The molecule has 0 unspecified atom stereocenters. The van der Waals surface area contributed by atoms with Crippen molar-refractivity contribution in [3.05, 3.63) is 34.3 Å². The van der Waals surface area contributed by atoms with Crippen molar-refractivity contribution in [3.8, 4) is 6.07 Å². The van der Waals surface area contributed by atoms with Gasteiger partial charge in [0, 0.05) is 17.3 Å². The van der Waals surface area contributed by atoms with E-state index in [0.29, 0.717) is 25.7 Å². The monoisotopic (exact) mass is 277 g/mol. The first-order valence-corrected chi connectivity index (χ1v) is 6.15. The highest BCUT2D eigenvalue weighted by molar-refractivity contribution is 9.10. The number of carbonyl (C=O) groups excluding carboxylic acids is 1. The van der Waals surface area contributed by atoms with E-state index in [4.69, 9.17) is 0 Å². The van der Waals surface area contributed by atoms with Crippen LogP contribution in [0.25, 0.3) is 0 Å². The molecular formula is C13H12BrNO. The molecule has 0 aromatic heterocycles. The van der Waals surface area contributed by atoms with Gasteiger partial charge in [0.05, 0.1) is 11.5 Å². The molecule has 1 aromatic carbocycles. The molecule has 0 amide bonds. The molecule has 0 aliphatic heterocycles. The van der Waals surface area contributed by atoms with E-state index in [1.807, 2.05) is 24.3 Å². The van der Waals surface area contributed by atoms with Gasteiger partial charge in [-0.15, -0.1) is 0 Å². The Bertz CT molecular complexity index is 451. The normalized spacial score (nSPS) is 19.1. The maximum absolute atomic E-state index is 11.3.